The van der Waals surface area contributed by atoms with Crippen LogP contribution in [0.15, 0.2) is 18.2 Å². The number of hydrogen-bond donors (Lipinski definition) is 1. The molecular formula is C15H26N2. The van der Waals surface area contributed by atoms with Crippen LogP contribution < -0.4 is 5.32 Å². The van der Waals surface area contributed by atoms with Gasteiger partial charge in [-0.3, -0.25) is 4.98 Å². The molecule has 0 saturated carbocycles. The first-order valence-corrected chi connectivity index (χ1v) is 6.94. The van der Waals surface area contributed by atoms with Crippen LogP contribution in [-0.2, 0) is 0 Å². The van der Waals surface area contributed by atoms with Gasteiger partial charge in [-0.1, -0.05) is 45.6 Å². The summed E-state index contributed by atoms with van der Waals surface area (Å²) in [4.78, 5) is 4.63. The van der Waals surface area contributed by atoms with Crippen molar-refractivity contribution in [2.24, 2.45) is 0 Å². The monoisotopic (exact) mass is 234 g/mol. The van der Waals surface area contributed by atoms with Gasteiger partial charge in [0.05, 0.1) is 5.69 Å². The molecule has 1 aromatic heterocycles. The largest absolute Gasteiger partial charge is 0.309 e. The molecule has 0 fully saturated rings. The van der Waals surface area contributed by atoms with E-state index in [1.165, 1.54) is 37.8 Å². The van der Waals surface area contributed by atoms with E-state index >= 15 is 0 Å². The van der Waals surface area contributed by atoms with Crippen LogP contribution in [0.3, 0.4) is 0 Å². The topological polar surface area (TPSA) is 24.9 Å². The fourth-order valence-electron chi connectivity index (χ4n) is 2.13. The van der Waals surface area contributed by atoms with Crippen LogP contribution in [-0.4, -0.2) is 11.5 Å². The van der Waals surface area contributed by atoms with E-state index in [-0.39, 0.29) is 0 Å². The molecule has 0 radical (unpaired) electrons. The third-order valence-electron chi connectivity index (χ3n) is 3.06. The van der Waals surface area contributed by atoms with Crippen LogP contribution in [0.2, 0.25) is 0 Å². The maximum Gasteiger partial charge on any atom is 0.0576 e. The van der Waals surface area contributed by atoms with E-state index in [4.69, 9.17) is 0 Å². The lowest BCUT2D eigenvalue weighted by molar-refractivity contribution is 0.472. The summed E-state index contributed by atoms with van der Waals surface area (Å²) >= 11 is 0. The van der Waals surface area contributed by atoms with E-state index in [9.17, 15) is 0 Å². The molecule has 0 amide bonds. The predicted molar refractivity (Wildman–Crippen MR) is 74.2 cm³/mol. The van der Waals surface area contributed by atoms with Gasteiger partial charge in [0.1, 0.15) is 0 Å². The number of aryl methyl sites for hydroxylation is 1. The summed E-state index contributed by atoms with van der Waals surface area (Å²) in [6.07, 6.45) is 6.48. The molecule has 0 saturated heterocycles. The lowest BCUT2D eigenvalue weighted by atomic mass is 10.0. The van der Waals surface area contributed by atoms with Crippen molar-refractivity contribution in [3.63, 3.8) is 0 Å². The minimum absolute atomic E-state index is 0.428. The zero-order valence-electron chi connectivity index (χ0n) is 11.5. The number of nitrogens with zero attached hydrogens (tertiary/aromatic N) is 1. The molecule has 0 aliphatic carbocycles. The molecule has 1 atom stereocenters. The first-order valence-electron chi connectivity index (χ1n) is 6.94. The fraction of sp³-hybridized carbons (Fsp3) is 0.667. The van der Waals surface area contributed by atoms with Crippen LogP contribution in [0.5, 0.6) is 0 Å². The summed E-state index contributed by atoms with van der Waals surface area (Å²) in [5, 5.41) is 3.54. The normalized spacial score (nSPS) is 12.6. The minimum atomic E-state index is 0.428. The fourth-order valence-corrected chi connectivity index (χ4v) is 2.13. The summed E-state index contributed by atoms with van der Waals surface area (Å²) in [5.74, 6) is 0. The highest BCUT2D eigenvalue weighted by atomic mass is 14.9. The molecule has 1 heterocycles. The maximum absolute atomic E-state index is 4.63. The second-order valence-electron chi connectivity index (χ2n) is 4.66. The molecule has 0 bridgehead atoms. The standard InChI is InChI=1S/C15H26N2/c1-4-6-7-8-11-14(16-5-2)15-12-9-10-13(3)17-15/h9-10,12,14,16H,4-8,11H2,1-3H3. The van der Waals surface area contributed by atoms with Crippen molar-refractivity contribution in [1.82, 2.24) is 10.3 Å². The van der Waals surface area contributed by atoms with Crippen molar-refractivity contribution >= 4 is 0 Å². The van der Waals surface area contributed by atoms with Crippen molar-refractivity contribution in [2.45, 2.75) is 58.9 Å². The van der Waals surface area contributed by atoms with E-state index in [1.807, 2.05) is 0 Å². The molecule has 0 aliphatic heterocycles. The Labute approximate surface area is 106 Å². The third kappa shape index (κ3) is 5.31. The van der Waals surface area contributed by atoms with E-state index in [0.29, 0.717) is 6.04 Å². The first-order chi connectivity index (χ1) is 8.27. The second-order valence-corrected chi connectivity index (χ2v) is 4.66. The molecule has 0 aliphatic rings. The Kier molecular flexibility index (Phi) is 6.87. The van der Waals surface area contributed by atoms with Gasteiger partial charge in [0, 0.05) is 11.7 Å². The van der Waals surface area contributed by atoms with Crippen molar-refractivity contribution in [3.05, 3.63) is 29.6 Å². The number of aromatic nitrogens is 1. The molecule has 96 valence electrons. The number of hydrogen-bond acceptors (Lipinski definition) is 2. The number of rotatable bonds is 8. The van der Waals surface area contributed by atoms with Crippen LogP contribution >= 0.6 is 0 Å². The molecular weight excluding hydrogens is 208 g/mol. The molecule has 0 spiro atoms. The minimum Gasteiger partial charge on any atom is -0.309 e. The first kappa shape index (κ1) is 14.2. The van der Waals surface area contributed by atoms with Gasteiger partial charge < -0.3 is 5.32 Å². The number of unbranched alkanes of at least 4 members (excludes halogenated alkanes) is 3. The van der Waals surface area contributed by atoms with Gasteiger partial charge >= 0.3 is 0 Å². The Morgan fingerprint density at radius 3 is 2.65 bits per heavy atom. The van der Waals surface area contributed by atoms with Crippen molar-refractivity contribution in [3.8, 4) is 0 Å². The number of nitrogens with one attached hydrogen (secondary N) is 1. The summed E-state index contributed by atoms with van der Waals surface area (Å²) < 4.78 is 0. The average molecular weight is 234 g/mol. The van der Waals surface area contributed by atoms with Gasteiger partial charge in [0.25, 0.3) is 0 Å². The summed E-state index contributed by atoms with van der Waals surface area (Å²) in [7, 11) is 0. The van der Waals surface area contributed by atoms with Crippen molar-refractivity contribution < 1.29 is 0 Å². The Hall–Kier alpha value is -0.890. The lowest BCUT2D eigenvalue weighted by Crippen LogP contribution is -2.22. The van der Waals surface area contributed by atoms with E-state index in [2.05, 4.69) is 49.3 Å². The van der Waals surface area contributed by atoms with Gasteiger partial charge in [-0.2, -0.15) is 0 Å². The van der Waals surface area contributed by atoms with Crippen molar-refractivity contribution in [1.29, 1.82) is 0 Å². The smallest absolute Gasteiger partial charge is 0.0576 e. The van der Waals surface area contributed by atoms with Crippen LogP contribution in [0, 0.1) is 6.92 Å². The van der Waals surface area contributed by atoms with E-state index < -0.39 is 0 Å². The van der Waals surface area contributed by atoms with Crippen LogP contribution in [0.25, 0.3) is 0 Å². The van der Waals surface area contributed by atoms with Gasteiger partial charge in [0.2, 0.25) is 0 Å². The maximum atomic E-state index is 4.63. The van der Waals surface area contributed by atoms with Crippen LogP contribution in [0.1, 0.15) is 63.4 Å². The highest BCUT2D eigenvalue weighted by molar-refractivity contribution is 5.13. The van der Waals surface area contributed by atoms with E-state index in [1.54, 1.807) is 0 Å². The molecule has 1 rings (SSSR count). The molecule has 2 heteroatoms. The van der Waals surface area contributed by atoms with Gasteiger partial charge in [-0.25, -0.2) is 0 Å². The SMILES string of the molecule is CCCCCCC(NCC)c1cccc(C)n1. The zero-order valence-corrected chi connectivity index (χ0v) is 11.5. The van der Waals surface area contributed by atoms with Gasteiger partial charge in [0.15, 0.2) is 0 Å². The quantitative estimate of drug-likeness (QED) is 0.687. The molecule has 17 heavy (non-hydrogen) atoms. The van der Waals surface area contributed by atoms with E-state index in [0.717, 1.165) is 12.2 Å². The zero-order chi connectivity index (χ0) is 12.5. The predicted octanol–water partition coefficient (Wildman–Crippen LogP) is 4.01. The van der Waals surface area contributed by atoms with Gasteiger partial charge in [-0.05, 0) is 32.0 Å². The number of pyridine rings is 1. The summed E-state index contributed by atoms with van der Waals surface area (Å²) in [5.41, 5.74) is 2.31. The van der Waals surface area contributed by atoms with Crippen molar-refractivity contribution in [2.75, 3.05) is 6.54 Å². The highest BCUT2D eigenvalue weighted by Crippen LogP contribution is 2.18. The Balaban J connectivity index is 2.52. The highest BCUT2D eigenvalue weighted by Gasteiger charge is 2.10. The Morgan fingerprint density at radius 1 is 1.18 bits per heavy atom. The second kappa shape index (κ2) is 8.24. The molecule has 1 N–H and O–H groups in total. The molecule has 0 aromatic carbocycles. The van der Waals surface area contributed by atoms with Crippen LogP contribution in [0.4, 0.5) is 0 Å². The Bertz CT molecular complexity index is 310. The Morgan fingerprint density at radius 2 is 2.00 bits per heavy atom. The van der Waals surface area contributed by atoms with Gasteiger partial charge in [-0.15, -0.1) is 0 Å². The molecule has 1 aromatic rings. The summed E-state index contributed by atoms with van der Waals surface area (Å²) in [6.45, 7) is 7.48. The molecule has 2 nitrogen and oxygen atoms in total. The lowest BCUT2D eigenvalue weighted by Gasteiger charge is -2.17. The molecule has 1 unspecified atom stereocenters. The average Bonchev–Trinajstić information content (AvgIpc) is 2.33. The summed E-state index contributed by atoms with van der Waals surface area (Å²) in [6, 6.07) is 6.73. The third-order valence-corrected chi connectivity index (χ3v) is 3.06.